The Bertz CT molecular complexity index is 853. The Kier molecular flexibility index (Phi) is 3.69. The van der Waals surface area contributed by atoms with Gasteiger partial charge < -0.3 is 4.74 Å². The number of para-hydroxylation sites is 1. The predicted molar refractivity (Wildman–Crippen MR) is 79.9 cm³/mol. The van der Waals surface area contributed by atoms with Crippen LogP contribution in [0.1, 0.15) is 11.1 Å². The molecular formula is C15H15N5O2. The molecular weight excluding hydrogens is 282 g/mol. The highest BCUT2D eigenvalue weighted by atomic mass is 16.5. The zero-order valence-corrected chi connectivity index (χ0v) is 12.3. The largest absolute Gasteiger partial charge is 0.488 e. The summed E-state index contributed by atoms with van der Waals surface area (Å²) in [4.78, 5) is 16.2. The molecule has 0 aliphatic carbocycles. The molecule has 0 spiro atoms. The van der Waals surface area contributed by atoms with Crippen LogP contribution in [0, 0.1) is 6.92 Å². The number of tetrazole rings is 1. The number of nitrogens with zero attached hydrogens (tertiary/aromatic N) is 5. The minimum Gasteiger partial charge on any atom is -0.488 e. The molecule has 3 aromatic rings. The molecule has 0 unspecified atom stereocenters. The summed E-state index contributed by atoms with van der Waals surface area (Å²) in [5.74, 6) is 1.22. The van der Waals surface area contributed by atoms with Gasteiger partial charge in [0.05, 0.1) is 0 Å². The van der Waals surface area contributed by atoms with E-state index in [1.807, 2.05) is 37.3 Å². The number of aromatic nitrogens is 5. The minimum absolute atomic E-state index is 0.289. The van der Waals surface area contributed by atoms with E-state index in [2.05, 4.69) is 15.4 Å². The molecule has 0 N–H and O–H groups in total. The first kappa shape index (κ1) is 14.0. The molecule has 2 heterocycles. The molecule has 112 valence electrons. The first-order valence-corrected chi connectivity index (χ1v) is 6.78. The number of benzene rings is 1. The molecule has 0 amide bonds. The molecule has 7 heteroatoms. The Labute approximate surface area is 126 Å². The maximum absolute atomic E-state index is 12.0. The first-order valence-electron chi connectivity index (χ1n) is 6.78. The quantitative estimate of drug-likeness (QED) is 0.724. The summed E-state index contributed by atoms with van der Waals surface area (Å²) in [7, 11) is 1.54. The molecule has 0 bridgehead atoms. The molecule has 0 atom stereocenters. The van der Waals surface area contributed by atoms with Crippen LogP contribution < -0.4 is 10.4 Å². The summed E-state index contributed by atoms with van der Waals surface area (Å²) in [6, 6.07) is 11.4. The van der Waals surface area contributed by atoms with Crippen LogP contribution in [0.5, 0.6) is 5.75 Å². The molecule has 22 heavy (non-hydrogen) atoms. The van der Waals surface area contributed by atoms with E-state index in [1.165, 1.54) is 7.05 Å². The first-order chi connectivity index (χ1) is 10.7. The van der Waals surface area contributed by atoms with Crippen LogP contribution in [0.2, 0.25) is 0 Å². The van der Waals surface area contributed by atoms with E-state index in [-0.39, 0.29) is 12.3 Å². The lowest BCUT2D eigenvalue weighted by atomic mass is 10.2. The highest BCUT2D eigenvalue weighted by molar-refractivity contribution is 5.34. The van der Waals surface area contributed by atoms with Crippen molar-refractivity contribution in [2.24, 2.45) is 7.05 Å². The molecule has 0 aliphatic rings. The lowest BCUT2D eigenvalue weighted by molar-refractivity contribution is 0.303. The van der Waals surface area contributed by atoms with Gasteiger partial charge >= 0.3 is 5.69 Å². The van der Waals surface area contributed by atoms with Gasteiger partial charge in [-0.3, -0.25) is 0 Å². The van der Waals surface area contributed by atoms with Crippen LogP contribution in [0.3, 0.4) is 0 Å². The number of pyridine rings is 1. The van der Waals surface area contributed by atoms with Crippen molar-refractivity contribution in [3.63, 3.8) is 0 Å². The fraction of sp³-hybridized carbons (Fsp3) is 0.200. The topological polar surface area (TPSA) is 74.8 Å². The van der Waals surface area contributed by atoms with E-state index in [0.29, 0.717) is 5.82 Å². The van der Waals surface area contributed by atoms with Gasteiger partial charge in [-0.1, -0.05) is 24.3 Å². The van der Waals surface area contributed by atoms with E-state index in [1.54, 1.807) is 12.3 Å². The Morgan fingerprint density at radius 2 is 1.95 bits per heavy atom. The van der Waals surface area contributed by atoms with E-state index < -0.39 is 0 Å². The maximum Gasteiger partial charge on any atom is 0.369 e. The Morgan fingerprint density at radius 1 is 1.14 bits per heavy atom. The van der Waals surface area contributed by atoms with Crippen molar-refractivity contribution >= 4 is 0 Å². The van der Waals surface area contributed by atoms with E-state index in [4.69, 9.17) is 4.74 Å². The fourth-order valence-corrected chi connectivity index (χ4v) is 2.05. The van der Waals surface area contributed by atoms with E-state index >= 15 is 0 Å². The number of rotatable bonds is 4. The standard InChI is InChI=1S/C15H15N5O2/c1-11-6-3-4-8-13(11)22-10-12-7-5-9-16-14(12)20-15(21)19(2)17-18-20/h3-9H,10H2,1-2H3. The summed E-state index contributed by atoms with van der Waals surface area (Å²) in [5.41, 5.74) is 1.45. The van der Waals surface area contributed by atoms with E-state index in [9.17, 15) is 4.79 Å². The van der Waals surface area contributed by atoms with Crippen molar-refractivity contribution in [1.29, 1.82) is 0 Å². The number of aryl methyl sites for hydroxylation is 2. The van der Waals surface area contributed by atoms with Crippen molar-refractivity contribution in [1.82, 2.24) is 24.8 Å². The van der Waals surface area contributed by atoms with Crippen molar-refractivity contribution < 1.29 is 4.74 Å². The van der Waals surface area contributed by atoms with Crippen molar-refractivity contribution in [3.05, 3.63) is 64.2 Å². The van der Waals surface area contributed by atoms with Gasteiger partial charge in [0.25, 0.3) is 0 Å². The smallest absolute Gasteiger partial charge is 0.369 e. The molecule has 0 radical (unpaired) electrons. The molecule has 1 aromatic carbocycles. The average Bonchev–Trinajstić information content (AvgIpc) is 2.86. The SMILES string of the molecule is Cc1ccccc1OCc1cccnc1-n1nnn(C)c1=O. The number of hydrogen-bond donors (Lipinski definition) is 0. The van der Waals surface area contributed by atoms with Crippen LogP contribution >= 0.6 is 0 Å². The zero-order chi connectivity index (χ0) is 15.5. The van der Waals surface area contributed by atoms with Crippen LogP contribution in [-0.2, 0) is 13.7 Å². The monoisotopic (exact) mass is 297 g/mol. The Morgan fingerprint density at radius 3 is 2.68 bits per heavy atom. The van der Waals surface area contributed by atoms with Gasteiger partial charge in [-0.05, 0) is 35.0 Å². The summed E-state index contributed by atoms with van der Waals surface area (Å²) < 4.78 is 8.14. The van der Waals surface area contributed by atoms with Crippen LogP contribution in [-0.4, -0.2) is 24.8 Å². The molecule has 0 fully saturated rings. The second-order valence-corrected chi connectivity index (χ2v) is 4.84. The second kappa shape index (κ2) is 5.80. The lowest BCUT2D eigenvalue weighted by Gasteiger charge is -2.10. The predicted octanol–water partition coefficient (Wildman–Crippen LogP) is 1.25. The van der Waals surface area contributed by atoms with Gasteiger partial charge in [0, 0.05) is 18.8 Å². The van der Waals surface area contributed by atoms with Crippen molar-refractivity contribution in [2.75, 3.05) is 0 Å². The third-order valence-electron chi connectivity index (χ3n) is 3.27. The summed E-state index contributed by atoms with van der Waals surface area (Å²) in [6.45, 7) is 2.27. The van der Waals surface area contributed by atoms with Crippen LogP contribution in [0.15, 0.2) is 47.4 Å². The van der Waals surface area contributed by atoms with Gasteiger partial charge in [-0.2, -0.15) is 4.68 Å². The molecule has 2 aromatic heterocycles. The number of ether oxygens (including phenoxy) is 1. The Balaban J connectivity index is 1.91. The third-order valence-corrected chi connectivity index (χ3v) is 3.27. The minimum atomic E-state index is -0.351. The maximum atomic E-state index is 12.0. The lowest BCUT2D eigenvalue weighted by Crippen LogP contribution is -2.23. The normalized spacial score (nSPS) is 10.6. The molecule has 0 saturated carbocycles. The van der Waals surface area contributed by atoms with Gasteiger partial charge in [0.15, 0.2) is 5.82 Å². The fourth-order valence-electron chi connectivity index (χ4n) is 2.05. The van der Waals surface area contributed by atoms with E-state index in [0.717, 1.165) is 26.2 Å². The zero-order valence-electron chi connectivity index (χ0n) is 12.3. The van der Waals surface area contributed by atoms with Crippen LogP contribution in [0.4, 0.5) is 0 Å². The highest BCUT2D eigenvalue weighted by Crippen LogP contribution is 2.19. The van der Waals surface area contributed by atoms with Gasteiger partial charge in [-0.25, -0.2) is 9.78 Å². The van der Waals surface area contributed by atoms with Crippen molar-refractivity contribution in [2.45, 2.75) is 13.5 Å². The molecule has 7 nitrogen and oxygen atoms in total. The van der Waals surface area contributed by atoms with Gasteiger partial charge in [-0.15, -0.1) is 4.68 Å². The average molecular weight is 297 g/mol. The number of hydrogen-bond acceptors (Lipinski definition) is 5. The van der Waals surface area contributed by atoms with Gasteiger partial charge in [0.1, 0.15) is 12.4 Å². The van der Waals surface area contributed by atoms with Crippen LogP contribution in [0.25, 0.3) is 5.82 Å². The van der Waals surface area contributed by atoms with Crippen molar-refractivity contribution in [3.8, 4) is 11.6 Å². The Hall–Kier alpha value is -2.96. The molecule has 3 rings (SSSR count). The summed E-state index contributed by atoms with van der Waals surface area (Å²) in [5, 5.41) is 7.52. The summed E-state index contributed by atoms with van der Waals surface area (Å²) in [6.07, 6.45) is 1.60. The second-order valence-electron chi connectivity index (χ2n) is 4.84. The third kappa shape index (κ3) is 2.60. The van der Waals surface area contributed by atoms with Gasteiger partial charge in [0.2, 0.25) is 0 Å². The summed E-state index contributed by atoms with van der Waals surface area (Å²) >= 11 is 0. The highest BCUT2D eigenvalue weighted by Gasteiger charge is 2.12. The molecule has 0 saturated heterocycles. The molecule has 0 aliphatic heterocycles.